The minimum atomic E-state index is -0.131. The zero-order valence-electron chi connectivity index (χ0n) is 7.77. The molecule has 0 saturated heterocycles. The summed E-state index contributed by atoms with van der Waals surface area (Å²) in [5, 5.41) is 0. The molecule has 3 nitrogen and oxygen atoms in total. The lowest BCUT2D eigenvalue weighted by molar-refractivity contribution is 0.839. The molecule has 2 aromatic rings. The van der Waals surface area contributed by atoms with Crippen molar-refractivity contribution in [3.8, 4) is 0 Å². The molecule has 1 unspecified atom stereocenters. The average molecular weight is 187 g/mol. The normalized spacial score (nSPS) is 12.6. The first-order chi connectivity index (χ1) is 6.77. The molecule has 0 fully saturated rings. The van der Waals surface area contributed by atoms with Crippen LogP contribution in [0.3, 0.4) is 0 Å². The fraction of sp³-hybridized carbons (Fsp3) is 0.0909. The summed E-state index contributed by atoms with van der Waals surface area (Å²) < 4.78 is 0. The highest BCUT2D eigenvalue weighted by molar-refractivity contribution is 5.43. The molecule has 72 valence electrons. The molecule has 1 aromatic carbocycles. The molecule has 0 spiro atoms. The number of benzene rings is 1. The molecule has 3 heteroatoms. The molecule has 1 aromatic heterocycles. The van der Waals surface area contributed by atoms with Crippen LogP contribution in [0.4, 0.5) is 5.69 Å². The fourth-order valence-corrected chi connectivity index (χ4v) is 1.47. The highest BCUT2D eigenvalue weighted by atomic mass is 14.8. The fourth-order valence-electron chi connectivity index (χ4n) is 1.47. The molecule has 0 amide bonds. The van der Waals surface area contributed by atoms with Crippen molar-refractivity contribution in [3.05, 3.63) is 53.9 Å². The lowest BCUT2D eigenvalue weighted by Gasteiger charge is -2.10. The van der Waals surface area contributed by atoms with Gasteiger partial charge in [-0.2, -0.15) is 0 Å². The van der Waals surface area contributed by atoms with Crippen LogP contribution >= 0.6 is 0 Å². The maximum atomic E-state index is 6.04. The minimum absolute atomic E-state index is 0.131. The molecular formula is C11H13N3. The van der Waals surface area contributed by atoms with Crippen LogP contribution in [0.1, 0.15) is 17.3 Å². The Kier molecular flexibility index (Phi) is 2.24. The van der Waals surface area contributed by atoms with Crippen molar-refractivity contribution in [3.63, 3.8) is 0 Å². The Morgan fingerprint density at radius 3 is 2.64 bits per heavy atom. The summed E-state index contributed by atoms with van der Waals surface area (Å²) in [4.78, 5) is 3.09. The van der Waals surface area contributed by atoms with Crippen LogP contribution in [0.25, 0.3) is 0 Å². The van der Waals surface area contributed by atoms with Gasteiger partial charge < -0.3 is 16.5 Å². The van der Waals surface area contributed by atoms with Crippen LogP contribution in [0.15, 0.2) is 42.6 Å². The molecule has 0 aliphatic rings. The minimum Gasteiger partial charge on any atom is -0.399 e. The van der Waals surface area contributed by atoms with Gasteiger partial charge in [-0.3, -0.25) is 0 Å². The number of anilines is 1. The number of aromatic amines is 1. The number of hydrogen-bond donors (Lipinski definition) is 3. The van der Waals surface area contributed by atoms with E-state index in [-0.39, 0.29) is 6.04 Å². The third-order valence-electron chi connectivity index (χ3n) is 2.23. The predicted octanol–water partition coefficient (Wildman–Crippen LogP) is 1.65. The predicted molar refractivity (Wildman–Crippen MR) is 57.7 cm³/mol. The lowest BCUT2D eigenvalue weighted by atomic mass is 10.0. The summed E-state index contributed by atoms with van der Waals surface area (Å²) >= 11 is 0. The van der Waals surface area contributed by atoms with E-state index in [1.54, 1.807) is 0 Å². The smallest absolute Gasteiger partial charge is 0.0704 e. The molecule has 1 atom stereocenters. The van der Waals surface area contributed by atoms with E-state index in [1.807, 2.05) is 42.6 Å². The molecule has 5 N–H and O–H groups in total. The van der Waals surface area contributed by atoms with E-state index in [2.05, 4.69) is 4.98 Å². The van der Waals surface area contributed by atoms with E-state index in [0.29, 0.717) is 0 Å². The van der Waals surface area contributed by atoms with E-state index in [9.17, 15) is 0 Å². The van der Waals surface area contributed by atoms with Crippen molar-refractivity contribution in [1.29, 1.82) is 0 Å². The Bertz CT molecular complexity index is 406. The number of hydrogen-bond acceptors (Lipinski definition) is 2. The molecular weight excluding hydrogens is 174 g/mol. The van der Waals surface area contributed by atoms with Crippen LogP contribution in [0, 0.1) is 0 Å². The van der Waals surface area contributed by atoms with Gasteiger partial charge in [0.25, 0.3) is 0 Å². The zero-order valence-corrected chi connectivity index (χ0v) is 7.77. The van der Waals surface area contributed by atoms with Crippen molar-refractivity contribution >= 4 is 5.69 Å². The highest BCUT2D eigenvalue weighted by Crippen LogP contribution is 2.19. The quantitative estimate of drug-likeness (QED) is 0.626. The Labute approximate surface area is 82.7 Å². The molecule has 0 aliphatic heterocycles. The SMILES string of the molecule is Nc1cccc(C(N)c2ccc[nH]2)c1. The van der Waals surface area contributed by atoms with E-state index in [1.165, 1.54) is 0 Å². The first-order valence-corrected chi connectivity index (χ1v) is 4.51. The largest absolute Gasteiger partial charge is 0.399 e. The standard InChI is InChI=1S/C11H13N3/c12-9-4-1-3-8(7-9)11(13)10-5-2-6-14-10/h1-7,11,14H,12-13H2. The van der Waals surface area contributed by atoms with Gasteiger partial charge in [0, 0.05) is 17.6 Å². The van der Waals surface area contributed by atoms with Crippen molar-refractivity contribution in [2.24, 2.45) is 5.73 Å². The second-order valence-electron chi connectivity index (χ2n) is 3.27. The third-order valence-corrected chi connectivity index (χ3v) is 2.23. The second kappa shape index (κ2) is 3.55. The second-order valence-corrected chi connectivity index (χ2v) is 3.27. The maximum absolute atomic E-state index is 6.04. The first kappa shape index (κ1) is 8.84. The summed E-state index contributed by atoms with van der Waals surface area (Å²) in [5.74, 6) is 0. The monoisotopic (exact) mass is 187 g/mol. The van der Waals surface area contributed by atoms with Crippen LogP contribution in [0.2, 0.25) is 0 Å². The van der Waals surface area contributed by atoms with Crippen LogP contribution in [-0.2, 0) is 0 Å². The van der Waals surface area contributed by atoms with Crippen molar-refractivity contribution in [1.82, 2.24) is 4.98 Å². The molecule has 0 saturated carbocycles. The summed E-state index contributed by atoms with van der Waals surface area (Å²) in [6.07, 6.45) is 1.86. The molecule has 0 aliphatic carbocycles. The highest BCUT2D eigenvalue weighted by Gasteiger charge is 2.08. The topological polar surface area (TPSA) is 67.8 Å². The summed E-state index contributed by atoms with van der Waals surface area (Å²) in [6, 6.07) is 11.4. The Balaban J connectivity index is 2.32. The van der Waals surface area contributed by atoms with Gasteiger partial charge in [-0.15, -0.1) is 0 Å². The van der Waals surface area contributed by atoms with Gasteiger partial charge >= 0.3 is 0 Å². The van der Waals surface area contributed by atoms with Crippen molar-refractivity contribution in [2.45, 2.75) is 6.04 Å². The summed E-state index contributed by atoms with van der Waals surface area (Å²) in [5.41, 5.74) is 14.5. The first-order valence-electron chi connectivity index (χ1n) is 4.51. The Morgan fingerprint density at radius 1 is 1.14 bits per heavy atom. The molecule has 14 heavy (non-hydrogen) atoms. The lowest BCUT2D eigenvalue weighted by Crippen LogP contribution is -2.12. The third kappa shape index (κ3) is 1.63. The average Bonchev–Trinajstić information content (AvgIpc) is 2.69. The van der Waals surface area contributed by atoms with Gasteiger partial charge in [0.05, 0.1) is 6.04 Å². The number of nitrogen functional groups attached to an aromatic ring is 1. The zero-order chi connectivity index (χ0) is 9.97. The summed E-state index contributed by atoms with van der Waals surface area (Å²) in [7, 11) is 0. The van der Waals surface area contributed by atoms with E-state index in [4.69, 9.17) is 11.5 Å². The van der Waals surface area contributed by atoms with Crippen molar-refractivity contribution < 1.29 is 0 Å². The van der Waals surface area contributed by atoms with Gasteiger partial charge in [-0.05, 0) is 29.8 Å². The van der Waals surface area contributed by atoms with Crippen LogP contribution in [0.5, 0.6) is 0 Å². The molecule has 0 bridgehead atoms. The van der Waals surface area contributed by atoms with Gasteiger partial charge in [0.15, 0.2) is 0 Å². The molecule has 1 heterocycles. The molecule has 0 radical (unpaired) electrons. The van der Waals surface area contributed by atoms with Crippen LogP contribution < -0.4 is 11.5 Å². The van der Waals surface area contributed by atoms with Gasteiger partial charge in [0.1, 0.15) is 0 Å². The van der Waals surface area contributed by atoms with Gasteiger partial charge in [-0.1, -0.05) is 12.1 Å². The van der Waals surface area contributed by atoms with Gasteiger partial charge in [-0.25, -0.2) is 0 Å². The number of rotatable bonds is 2. The number of nitrogens with one attached hydrogen (secondary N) is 1. The van der Waals surface area contributed by atoms with Crippen molar-refractivity contribution in [2.75, 3.05) is 5.73 Å². The Hall–Kier alpha value is -1.74. The number of aromatic nitrogens is 1. The maximum Gasteiger partial charge on any atom is 0.0704 e. The number of H-pyrrole nitrogens is 1. The van der Waals surface area contributed by atoms with E-state index >= 15 is 0 Å². The van der Waals surface area contributed by atoms with E-state index in [0.717, 1.165) is 16.9 Å². The van der Waals surface area contributed by atoms with Gasteiger partial charge in [0.2, 0.25) is 0 Å². The van der Waals surface area contributed by atoms with Crippen LogP contribution in [-0.4, -0.2) is 4.98 Å². The van der Waals surface area contributed by atoms with E-state index < -0.39 is 0 Å². The Morgan fingerprint density at radius 2 is 2.00 bits per heavy atom. The molecule has 2 rings (SSSR count). The number of nitrogens with two attached hydrogens (primary N) is 2. The summed E-state index contributed by atoms with van der Waals surface area (Å²) in [6.45, 7) is 0.